The predicted molar refractivity (Wildman–Crippen MR) is 129 cm³/mol. The van der Waals surface area contributed by atoms with Gasteiger partial charge in [-0.05, 0) is 25.8 Å². The number of nitrogens with zero attached hydrogens (tertiary/aromatic N) is 4. The summed E-state index contributed by atoms with van der Waals surface area (Å²) < 4.78 is 6.08. The minimum absolute atomic E-state index is 0.107. The second kappa shape index (κ2) is 10.5. The number of ether oxygens (including phenoxy) is 1. The zero-order chi connectivity index (χ0) is 24.2. The number of carboxylic acids is 1. The Bertz CT molecular complexity index is 1150. The fourth-order valence-electron chi connectivity index (χ4n) is 3.78. The van der Waals surface area contributed by atoms with E-state index in [4.69, 9.17) is 16.3 Å². The quantitative estimate of drug-likeness (QED) is 0.425. The summed E-state index contributed by atoms with van der Waals surface area (Å²) in [5.74, 6) is -1.31. The third-order valence-electron chi connectivity index (χ3n) is 5.49. The third-order valence-corrected chi connectivity index (χ3v) is 6.99. The summed E-state index contributed by atoms with van der Waals surface area (Å²) in [4.78, 5) is 42.5. The molecular formula is C22H25ClN6O4S. The Morgan fingerprint density at radius 1 is 1.41 bits per heavy atom. The highest BCUT2D eigenvalue weighted by atomic mass is 35.5. The molecule has 0 unspecified atom stereocenters. The van der Waals surface area contributed by atoms with Crippen molar-refractivity contribution in [2.75, 3.05) is 24.6 Å². The maximum Gasteiger partial charge on any atom is 0.348 e. The smallest absolute Gasteiger partial charge is 0.348 e. The largest absolute Gasteiger partial charge is 0.477 e. The highest BCUT2D eigenvalue weighted by Gasteiger charge is 2.34. The van der Waals surface area contributed by atoms with Gasteiger partial charge in [-0.3, -0.25) is 14.8 Å². The van der Waals surface area contributed by atoms with Crippen LogP contribution < -0.4 is 10.2 Å². The van der Waals surface area contributed by atoms with Crippen LogP contribution in [0, 0.1) is 6.92 Å². The van der Waals surface area contributed by atoms with Crippen molar-refractivity contribution in [2.24, 2.45) is 0 Å². The Morgan fingerprint density at radius 3 is 2.88 bits per heavy atom. The van der Waals surface area contributed by atoms with Crippen LogP contribution in [-0.4, -0.2) is 68.8 Å². The Hall–Kier alpha value is -3.02. The number of thiazole rings is 1. The van der Waals surface area contributed by atoms with Gasteiger partial charge < -0.3 is 25.0 Å². The number of aryl methyl sites for hydroxylation is 1. The lowest BCUT2D eigenvalue weighted by Crippen LogP contribution is -2.55. The van der Waals surface area contributed by atoms with Crippen LogP contribution in [0.3, 0.4) is 0 Å². The standard InChI is InChI=1S/C22H25ClN6O4S/c1-3-8-33-17-11-29(7-4-14(17)27-20(30)15-9-13(23)12(2)26-15)22-28-18(19(34-22)21(31)32)16-10-24-5-6-25-16/h5-6,9-10,14,17,26H,3-4,7-8,11H2,1-2H3,(H,27,30)(H,31,32)/t14-,17+/m1/s1. The first-order valence-electron chi connectivity index (χ1n) is 10.9. The zero-order valence-corrected chi connectivity index (χ0v) is 20.3. The monoisotopic (exact) mass is 504 g/mol. The van der Waals surface area contributed by atoms with Crippen LogP contribution in [0.4, 0.5) is 5.13 Å². The molecular weight excluding hydrogens is 480 g/mol. The van der Waals surface area contributed by atoms with Crippen LogP contribution in [0.15, 0.2) is 24.7 Å². The minimum Gasteiger partial charge on any atom is -0.477 e. The van der Waals surface area contributed by atoms with Crippen molar-refractivity contribution in [2.45, 2.75) is 38.8 Å². The molecule has 4 heterocycles. The number of aromatic carboxylic acids is 1. The molecule has 0 bridgehead atoms. The lowest BCUT2D eigenvalue weighted by atomic mass is 10.0. The van der Waals surface area contributed by atoms with E-state index < -0.39 is 5.97 Å². The molecule has 0 aromatic carbocycles. The molecule has 1 fully saturated rings. The number of hydrogen-bond acceptors (Lipinski definition) is 8. The van der Waals surface area contributed by atoms with Crippen molar-refractivity contribution in [3.05, 3.63) is 45.9 Å². The van der Waals surface area contributed by atoms with E-state index in [1.165, 1.54) is 18.6 Å². The summed E-state index contributed by atoms with van der Waals surface area (Å²) in [6, 6.07) is 1.40. The molecule has 1 amide bonds. The van der Waals surface area contributed by atoms with Gasteiger partial charge in [0.15, 0.2) is 5.13 Å². The van der Waals surface area contributed by atoms with Gasteiger partial charge in [0.25, 0.3) is 5.91 Å². The topological polar surface area (TPSA) is 133 Å². The van der Waals surface area contributed by atoms with Crippen molar-refractivity contribution in [1.29, 1.82) is 0 Å². The number of nitrogens with one attached hydrogen (secondary N) is 2. The molecule has 3 aromatic rings. The number of carbonyl (C=O) groups is 2. The van der Waals surface area contributed by atoms with Crippen molar-refractivity contribution < 1.29 is 19.4 Å². The number of H-pyrrole nitrogens is 1. The van der Waals surface area contributed by atoms with E-state index in [-0.39, 0.29) is 22.9 Å². The summed E-state index contributed by atoms with van der Waals surface area (Å²) in [5.41, 5.74) is 1.83. The maximum atomic E-state index is 12.8. The number of carbonyl (C=O) groups excluding carboxylic acids is 1. The molecule has 0 radical (unpaired) electrons. The van der Waals surface area contributed by atoms with Gasteiger partial charge in [-0.1, -0.05) is 29.9 Å². The molecule has 1 aliphatic heterocycles. The van der Waals surface area contributed by atoms with Gasteiger partial charge in [0, 0.05) is 37.8 Å². The van der Waals surface area contributed by atoms with Gasteiger partial charge in [-0.15, -0.1) is 0 Å². The average Bonchev–Trinajstić information content (AvgIpc) is 3.43. The molecule has 3 N–H and O–H groups in total. The summed E-state index contributed by atoms with van der Waals surface area (Å²) in [6.07, 6.45) is 5.67. The molecule has 180 valence electrons. The molecule has 1 saturated heterocycles. The summed E-state index contributed by atoms with van der Waals surface area (Å²) in [5, 5.41) is 13.8. The Kier molecular flexibility index (Phi) is 7.44. The van der Waals surface area contributed by atoms with Crippen molar-refractivity contribution in [1.82, 2.24) is 25.3 Å². The Morgan fingerprint density at radius 2 is 2.24 bits per heavy atom. The first kappa shape index (κ1) is 24.1. The normalized spacial score (nSPS) is 18.1. The van der Waals surface area contributed by atoms with Crippen LogP contribution >= 0.6 is 22.9 Å². The highest BCUT2D eigenvalue weighted by Crippen LogP contribution is 2.34. The number of carboxylic acid groups (broad SMARTS) is 1. The van der Waals surface area contributed by atoms with E-state index in [2.05, 4.69) is 25.3 Å². The van der Waals surface area contributed by atoms with Gasteiger partial charge in [0.05, 0.1) is 23.4 Å². The van der Waals surface area contributed by atoms with E-state index in [9.17, 15) is 14.7 Å². The molecule has 0 saturated carbocycles. The van der Waals surface area contributed by atoms with E-state index in [1.54, 1.807) is 13.0 Å². The second-order valence-electron chi connectivity index (χ2n) is 7.95. The highest BCUT2D eigenvalue weighted by molar-refractivity contribution is 7.17. The third kappa shape index (κ3) is 5.21. The number of aromatic nitrogens is 4. The zero-order valence-electron chi connectivity index (χ0n) is 18.7. The number of halogens is 1. The number of rotatable bonds is 8. The van der Waals surface area contributed by atoms with E-state index in [0.29, 0.717) is 53.4 Å². The van der Waals surface area contributed by atoms with Crippen LogP contribution in [0.1, 0.15) is 45.6 Å². The Labute approximate surface area is 205 Å². The number of aromatic amines is 1. The molecule has 2 atom stereocenters. The minimum atomic E-state index is -1.06. The Balaban J connectivity index is 1.53. The van der Waals surface area contributed by atoms with Gasteiger partial charge in [0.1, 0.15) is 22.0 Å². The maximum absolute atomic E-state index is 12.8. The van der Waals surface area contributed by atoms with E-state index >= 15 is 0 Å². The van der Waals surface area contributed by atoms with Crippen LogP contribution in [0.5, 0.6) is 0 Å². The second-order valence-corrected chi connectivity index (χ2v) is 9.33. The molecule has 34 heavy (non-hydrogen) atoms. The number of amides is 1. The molecule has 4 rings (SSSR count). The first-order valence-corrected chi connectivity index (χ1v) is 12.1. The number of piperidine rings is 1. The SMILES string of the molecule is CCCO[C@H]1CN(c2nc(-c3cnccn3)c(C(=O)O)s2)CC[C@H]1NC(=O)c1cc(Cl)c(C)[nH]1. The van der Waals surface area contributed by atoms with Gasteiger partial charge in [-0.25, -0.2) is 9.78 Å². The fraction of sp³-hybridized carbons (Fsp3) is 0.409. The molecule has 12 heteroatoms. The molecule has 3 aromatic heterocycles. The van der Waals surface area contributed by atoms with Crippen molar-refractivity contribution >= 4 is 39.9 Å². The van der Waals surface area contributed by atoms with E-state index in [0.717, 1.165) is 23.5 Å². The van der Waals surface area contributed by atoms with Gasteiger partial charge >= 0.3 is 5.97 Å². The van der Waals surface area contributed by atoms with Crippen molar-refractivity contribution in [3.63, 3.8) is 0 Å². The lowest BCUT2D eigenvalue weighted by molar-refractivity contribution is 0.0205. The lowest BCUT2D eigenvalue weighted by Gasteiger charge is -2.38. The van der Waals surface area contributed by atoms with Crippen LogP contribution in [-0.2, 0) is 4.74 Å². The predicted octanol–water partition coefficient (Wildman–Crippen LogP) is 3.39. The summed E-state index contributed by atoms with van der Waals surface area (Å²) in [7, 11) is 0. The summed E-state index contributed by atoms with van der Waals surface area (Å²) >= 11 is 7.18. The van der Waals surface area contributed by atoms with E-state index in [1.807, 2.05) is 11.8 Å². The molecule has 1 aliphatic rings. The van der Waals surface area contributed by atoms with Gasteiger partial charge in [0.2, 0.25) is 0 Å². The molecule has 0 spiro atoms. The van der Waals surface area contributed by atoms with Crippen molar-refractivity contribution in [3.8, 4) is 11.4 Å². The average molecular weight is 505 g/mol. The van der Waals surface area contributed by atoms with Crippen LogP contribution in [0.2, 0.25) is 5.02 Å². The van der Waals surface area contributed by atoms with Crippen LogP contribution in [0.25, 0.3) is 11.4 Å². The summed E-state index contributed by atoms with van der Waals surface area (Å²) in [6.45, 7) is 5.40. The molecule has 10 nitrogen and oxygen atoms in total. The molecule has 0 aliphatic carbocycles. The fourth-order valence-corrected chi connectivity index (χ4v) is 4.88. The van der Waals surface area contributed by atoms with Gasteiger partial charge in [-0.2, -0.15) is 0 Å². The number of anilines is 1. The number of hydrogen-bond donors (Lipinski definition) is 3. The first-order chi connectivity index (χ1) is 16.4.